The molecule has 2 N–H and O–H groups in total. The van der Waals surface area contributed by atoms with Gasteiger partial charge in [0.05, 0.1) is 9.21 Å². The first kappa shape index (κ1) is 18.9. The van der Waals surface area contributed by atoms with Crippen molar-refractivity contribution in [2.75, 3.05) is 19.6 Å². The summed E-state index contributed by atoms with van der Waals surface area (Å²) < 4.78 is 0.687. The van der Waals surface area contributed by atoms with E-state index in [0.717, 1.165) is 69.0 Å². The summed E-state index contributed by atoms with van der Waals surface area (Å²) in [5.74, 6) is 1.11. The maximum Gasteiger partial charge on any atom is 0.220 e. The number of thiophene rings is 1. The summed E-state index contributed by atoms with van der Waals surface area (Å²) in [4.78, 5) is 27.0. The Morgan fingerprint density at radius 2 is 1.76 bits per heavy atom. The van der Waals surface area contributed by atoms with Crippen LogP contribution in [0.4, 0.5) is 0 Å². The second-order valence-corrected chi connectivity index (χ2v) is 9.21. The molecule has 1 saturated heterocycles. The van der Waals surface area contributed by atoms with Gasteiger partial charge in [-0.1, -0.05) is 11.6 Å². The van der Waals surface area contributed by atoms with Crippen molar-refractivity contribution < 1.29 is 9.59 Å². The van der Waals surface area contributed by atoms with Gasteiger partial charge in [0, 0.05) is 11.8 Å². The van der Waals surface area contributed by atoms with Crippen molar-refractivity contribution in [1.29, 1.82) is 0 Å². The first-order valence-electron chi connectivity index (χ1n) is 9.34. The molecular formula is C19H27ClN2O2S. The number of hydrogen-bond donors (Lipinski definition) is 1. The van der Waals surface area contributed by atoms with E-state index in [1.165, 1.54) is 17.8 Å². The summed E-state index contributed by atoms with van der Waals surface area (Å²) in [5.41, 5.74) is 5.40. The van der Waals surface area contributed by atoms with E-state index in [9.17, 15) is 9.59 Å². The van der Waals surface area contributed by atoms with Crippen molar-refractivity contribution in [2.24, 2.45) is 23.5 Å². The number of amides is 1. The van der Waals surface area contributed by atoms with Gasteiger partial charge in [0.25, 0.3) is 0 Å². The monoisotopic (exact) mass is 382 g/mol. The van der Waals surface area contributed by atoms with Gasteiger partial charge >= 0.3 is 0 Å². The number of nitrogens with two attached hydrogens (primary N) is 1. The number of nitrogens with zero attached hydrogens (tertiary/aromatic N) is 1. The van der Waals surface area contributed by atoms with Crippen LogP contribution in [0.2, 0.25) is 4.34 Å². The molecule has 1 amide bonds. The maximum absolute atomic E-state index is 12.5. The van der Waals surface area contributed by atoms with E-state index in [4.69, 9.17) is 17.3 Å². The smallest absolute Gasteiger partial charge is 0.220 e. The highest BCUT2D eigenvalue weighted by Crippen LogP contribution is 2.32. The third-order valence-electron chi connectivity index (χ3n) is 5.88. The minimum atomic E-state index is -0.128. The molecule has 0 bridgehead atoms. The summed E-state index contributed by atoms with van der Waals surface area (Å²) in [7, 11) is 0. The minimum Gasteiger partial charge on any atom is -0.369 e. The number of rotatable bonds is 6. The van der Waals surface area contributed by atoms with Crippen LogP contribution in [0, 0.1) is 17.8 Å². The number of primary amides is 1. The van der Waals surface area contributed by atoms with E-state index in [1.54, 1.807) is 0 Å². The predicted octanol–water partition coefficient (Wildman–Crippen LogP) is 3.98. The van der Waals surface area contributed by atoms with Crippen molar-refractivity contribution in [2.45, 2.75) is 44.9 Å². The fraction of sp³-hybridized carbons (Fsp3) is 0.684. The largest absolute Gasteiger partial charge is 0.369 e. The molecule has 1 aromatic rings. The van der Waals surface area contributed by atoms with E-state index >= 15 is 0 Å². The molecule has 138 valence electrons. The Labute approximate surface area is 158 Å². The number of Topliss-reactive ketones (excluding diaryl/α,β-unsaturated/α-hetero) is 1. The van der Waals surface area contributed by atoms with Crippen LogP contribution in [-0.4, -0.2) is 36.2 Å². The molecule has 1 aliphatic heterocycles. The molecule has 2 heterocycles. The van der Waals surface area contributed by atoms with Gasteiger partial charge in [0.15, 0.2) is 5.78 Å². The molecule has 2 fully saturated rings. The zero-order valence-electron chi connectivity index (χ0n) is 14.6. The van der Waals surface area contributed by atoms with Gasteiger partial charge in [-0.3, -0.25) is 9.59 Å². The van der Waals surface area contributed by atoms with Crippen molar-refractivity contribution in [3.05, 3.63) is 21.3 Å². The third kappa shape index (κ3) is 5.05. The third-order valence-corrected chi connectivity index (χ3v) is 7.12. The van der Waals surface area contributed by atoms with Crippen LogP contribution in [0.15, 0.2) is 12.1 Å². The maximum atomic E-state index is 12.5. The van der Waals surface area contributed by atoms with E-state index < -0.39 is 0 Å². The van der Waals surface area contributed by atoms with Gasteiger partial charge in [-0.05, 0) is 82.6 Å². The first-order chi connectivity index (χ1) is 12.0. The Morgan fingerprint density at radius 3 is 2.32 bits per heavy atom. The molecule has 6 heteroatoms. The van der Waals surface area contributed by atoms with Crippen LogP contribution in [0.5, 0.6) is 0 Å². The van der Waals surface area contributed by atoms with E-state index in [-0.39, 0.29) is 23.5 Å². The number of hydrogen-bond acceptors (Lipinski definition) is 4. The van der Waals surface area contributed by atoms with Gasteiger partial charge in [0.2, 0.25) is 5.91 Å². The van der Waals surface area contributed by atoms with E-state index in [1.807, 2.05) is 12.1 Å². The average Bonchev–Trinajstić information content (AvgIpc) is 3.06. The molecule has 4 nitrogen and oxygen atoms in total. The predicted molar refractivity (Wildman–Crippen MR) is 102 cm³/mol. The second-order valence-electron chi connectivity index (χ2n) is 7.49. The molecule has 25 heavy (non-hydrogen) atoms. The van der Waals surface area contributed by atoms with Gasteiger partial charge in [-0.2, -0.15) is 0 Å². The number of carbonyl (C=O) groups excluding carboxylic acids is 2. The van der Waals surface area contributed by atoms with E-state index in [2.05, 4.69) is 4.90 Å². The Hall–Kier alpha value is -0.910. The number of halogens is 1. The minimum absolute atomic E-state index is 0.101. The van der Waals surface area contributed by atoms with Gasteiger partial charge in [-0.15, -0.1) is 11.3 Å². The zero-order valence-corrected chi connectivity index (χ0v) is 16.2. The van der Waals surface area contributed by atoms with Crippen molar-refractivity contribution in [1.82, 2.24) is 4.90 Å². The lowest BCUT2D eigenvalue weighted by Gasteiger charge is -2.33. The van der Waals surface area contributed by atoms with Crippen LogP contribution in [0.1, 0.15) is 54.6 Å². The van der Waals surface area contributed by atoms with Crippen LogP contribution in [0.3, 0.4) is 0 Å². The highest BCUT2D eigenvalue weighted by atomic mass is 35.5. The summed E-state index contributed by atoms with van der Waals surface area (Å²) in [6.45, 7) is 3.12. The molecular weight excluding hydrogens is 356 g/mol. The van der Waals surface area contributed by atoms with Crippen molar-refractivity contribution in [3.8, 4) is 0 Å². The molecule has 0 unspecified atom stereocenters. The van der Waals surface area contributed by atoms with Gasteiger partial charge < -0.3 is 10.6 Å². The van der Waals surface area contributed by atoms with Crippen LogP contribution in [-0.2, 0) is 4.79 Å². The molecule has 1 aromatic heterocycles. The Balaban J connectivity index is 1.37. The van der Waals surface area contributed by atoms with Crippen molar-refractivity contribution in [3.63, 3.8) is 0 Å². The molecule has 1 saturated carbocycles. The lowest BCUT2D eigenvalue weighted by Crippen LogP contribution is -2.37. The Bertz CT molecular complexity index is 602. The van der Waals surface area contributed by atoms with Crippen LogP contribution >= 0.6 is 22.9 Å². The number of ketones is 1. The first-order valence-corrected chi connectivity index (χ1v) is 10.5. The summed E-state index contributed by atoms with van der Waals surface area (Å²) in [5, 5.41) is 0. The van der Waals surface area contributed by atoms with Gasteiger partial charge in [-0.25, -0.2) is 0 Å². The second kappa shape index (κ2) is 8.65. The molecule has 3 rings (SSSR count). The SMILES string of the molecule is NC(=O)C1CCC(CCN2CCC(C(=O)c3ccc(Cl)s3)CC2)CC1. The van der Waals surface area contributed by atoms with Gasteiger partial charge in [0.1, 0.15) is 0 Å². The molecule has 0 atom stereocenters. The molecule has 2 aliphatic rings. The Kier molecular flexibility index (Phi) is 6.53. The Morgan fingerprint density at radius 1 is 1.08 bits per heavy atom. The number of piperidine rings is 1. The number of likely N-dealkylation sites (tertiary alicyclic amines) is 1. The quantitative estimate of drug-likeness (QED) is 0.757. The summed E-state index contributed by atoms with van der Waals surface area (Å²) in [6, 6.07) is 3.66. The summed E-state index contributed by atoms with van der Waals surface area (Å²) in [6.07, 6.45) is 7.26. The van der Waals surface area contributed by atoms with Crippen LogP contribution < -0.4 is 5.73 Å². The lowest BCUT2D eigenvalue weighted by molar-refractivity contribution is -0.123. The molecule has 0 aromatic carbocycles. The molecule has 1 aliphatic carbocycles. The topological polar surface area (TPSA) is 63.4 Å². The molecule has 0 radical (unpaired) electrons. The lowest BCUT2D eigenvalue weighted by atomic mass is 9.80. The van der Waals surface area contributed by atoms with E-state index in [0.29, 0.717) is 4.34 Å². The summed E-state index contributed by atoms with van der Waals surface area (Å²) >= 11 is 7.33. The number of carbonyl (C=O) groups is 2. The van der Waals surface area contributed by atoms with Crippen molar-refractivity contribution >= 4 is 34.6 Å². The fourth-order valence-corrected chi connectivity index (χ4v) is 5.23. The standard InChI is InChI=1S/C19H27ClN2O2S/c20-17-6-5-16(25-17)18(23)14-8-11-22(12-9-14)10-7-13-1-3-15(4-2-13)19(21)24/h5-6,13-15H,1-4,7-12H2,(H2,21,24). The highest BCUT2D eigenvalue weighted by molar-refractivity contribution is 7.18. The van der Waals surface area contributed by atoms with Crippen LogP contribution in [0.25, 0.3) is 0 Å². The normalized spacial score (nSPS) is 25.8. The molecule has 0 spiro atoms. The average molecular weight is 383 g/mol. The fourth-order valence-electron chi connectivity index (χ4n) is 4.17. The zero-order chi connectivity index (χ0) is 17.8. The highest BCUT2D eigenvalue weighted by Gasteiger charge is 2.28.